The number of hydrogen-bond acceptors (Lipinski definition) is 5. The molecule has 1 aromatic rings. The van der Waals surface area contributed by atoms with Gasteiger partial charge in [-0.15, -0.1) is 0 Å². The van der Waals surface area contributed by atoms with Gasteiger partial charge >= 0.3 is 0 Å². The number of amides is 1. The van der Waals surface area contributed by atoms with Crippen molar-refractivity contribution in [3.05, 3.63) is 4.88 Å². The van der Waals surface area contributed by atoms with Crippen molar-refractivity contribution in [1.82, 2.24) is 10.3 Å². The molecule has 3 N–H and O–H groups in total. The fourth-order valence-electron chi connectivity index (χ4n) is 2.61. The Balaban J connectivity index is 2.05. The summed E-state index contributed by atoms with van der Waals surface area (Å²) in [6.07, 6.45) is 5.84. The lowest BCUT2D eigenvalue weighted by molar-refractivity contribution is 0.0932. The Hall–Kier alpha value is -1.30. The predicted molar refractivity (Wildman–Crippen MR) is 84.4 cm³/mol. The fraction of sp³-hybridized carbons (Fsp3) is 0.714. The minimum absolute atomic E-state index is 0.0645. The summed E-state index contributed by atoms with van der Waals surface area (Å²) in [5.74, 6) is 0.288. The Bertz CT molecular complexity index is 450. The number of hydrogen-bond donors (Lipinski definition) is 2. The molecule has 2 rings (SSSR count). The van der Waals surface area contributed by atoms with Crippen LogP contribution >= 0.6 is 11.3 Å². The molecule has 0 saturated heterocycles. The molecule has 0 atom stereocenters. The lowest BCUT2D eigenvalue weighted by atomic mass is 9.95. The highest BCUT2D eigenvalue weighted by Gasteiger charge is 2.22. The van der Waals surface area contributed by atoms with Crippen LogP contribution < -0.4 is 16.0 Å². The SMILES string of the molecule is CCN(CC)c1nc(N)c(C(=O)NC2CCCCC2)s1. The van der Waals surface area contributed by atoms with E-state index in [1.165, 1.54) is 30.6 Å². The highest BCUT2D eigenvalue weighted by Crippen LogP contribution is 2.28. The molecule has 1 aliphatic carbocycles. The molecule has 5 nitrogen and oxygen atoms in total. The third-order valence-electron chi connectivity index (χ3n) is 3.82. The maximum Gasteiger partial charge on any atom is 0.265 e. The van der Waals surface area contributed by atoms with Crippen molar-refractivity contribution < 1.29 is 4.79 Å². The van der Waals surface area contributed by atoms with E-state index in [1.54, 1.807) is 0 Å². The van der Waals surface area contributed by atoms with E-state index in [2.05, 4.69) is 29.0 Å². The Labute approximate surface area is 124 Å². The molecule has 0 aromatic carbocycles. The number of nitrogens with one attached hydrogen (secondary N) is 1. The number of nitrogens with two attached hydrogens (primary N) is 1. The number of aromatic nitrogens is 1. The standard InChI is InChI=1S/C14H24N4OS/c1-3-18(4-2)14-17-12(15)11(20-14)13(19)16-10-8-6-5-7-9-10/h10H,3-9,15H2,1-2H3,(H,16,19). The van der Waals surface area contributed by atoms with Gasteiger partial charge in [-0.1, -0.05) is 30.6 Å². The first kappa shape index (κ1) is 15.1. The summed E-state index contributed by atoms with van der Waals surface area (Å²) in [6, 6.07) is 0.301. The predicted octanol–water partition coefficient (Wildman–Crippen LogP) is 2.63. The van der Waals surface area contributed by atoms with E-state index in [4.69, 9.17) is 5.73 Å². The lowest BCUT2D eigenvalue weighted by Gasteiger charge is -2.22. The summed E-state index contributed by atoms with van der Waals surface area (Å²) in [5, 5.41) is 3.93. The van der Waals surface area contributed by atoms with Crippen LogP contribution in [-0.2, 0) is 0 Å². The molecular formula is C14H24N4OS. The average Bonchev–Trinajstić information content (AvgIpc) is 2.83. The molecule has 1 fully saturated rings. The number of nitrogen functional groups attached to an aromatic ring is 1. The van der Waals surface area contributed by atoms with Crippen molar-refractivity contribution in [2.45, 2.75) is 52.0 Å². The largest absolute Gasteiger partial charge is 0.382 e. The molecular weight excluding hydrogens is 272 g/mol. The minimum atomic E-state index is -0.0645. The molecule has 20 heavy (non-hydrogen) atoms. The van der Waals surface area contributed by atoms with Crippen molar-refractivity contribution in [3.8, 4) is 0 Å². The molecule has 112 valence electrons. The fourth-order valence-corrected chi connectivity index (χ4v) is 3.63. The molecule has 0 bridgehead atoms. The number of anilines is 2. The molecule has 1 saturated carbocycles. The van der Waals surface area contributed by atoms with Crippen molar-refractivity contribution in [2.75, 3.05) is 23.7 Å². The zero-order chi connectivity index (χ0) is 14.5. The topological polar surface area (TPSA) is 71.2 Å². The first-order valence-corrected chi connectivity index (χ1v) is 8.29. The summed E-state index contributed by atoms with van der Waals surface area (Å²) in [4.78, 5) is 19.3. The first-order valence-electron chi connectivity index (χ1n) is 7.47. The third kappa shape index (κ3) is 3.42. The minimum Gasteiger partial charge on any atom is -0.382 e. The summed E-state index contributed by atoms with van der Waals surface area (Å²) in [5.41, 5.74) is 5.91. The summed E-state index contributed by atoms with van der Waals surface area (Å²) in [6.45, 7) is 5.88. The van der Waals surface area contributed by atoms with Crippen LogP contribution in [0, 0.1) is 0 Å². The van der Waals surface area contributed by atoms with Crippen molar-refractivity contribution in [3.63, 3.8) is 0 Å². The van der Waals surface area contributed by atoms with Crippen LogP contribution in [0.4, 0.5) is 10.9 Å². The normalized spacial score (nSPS) is 16.1. The van der Waals surface area contributed by atoms with E-state index in [-0.39, 0.29) is 5.91 Å². The van der Waals surface area contributed by atoms with Gasteiger partial charge in [-0.05, 0) is 26.7 Å². The van der Waals surface area contributed by atoms with Gasteiger partial charge in [-0.3, -0.25) is 4.79 Å². The van der Waals surface area contributed by atoms with Crippen LogP contribution in [0.1, 0.15) is 55.6 Å². The van der Waals surface area contributed by atoms with Gasteiger partial charge in [-0.25, -0.2) is 4.98 Å². The van der Waals surface area contributed by atoms with E-state index in [9.17, 15) is 4.79 Å². The van der Waals surface area contributed by atoms with Gasteiger partial charge in [0.1, 0.15) is 10.7 Å². The van der Waals surface area contributed by atoms with Crippen LogP contribution in [0.15, 0.2) is 0 Å². The van der Waals surface area contributed by atoms with Gasteiger partial charge in [0.05, 0.1) is 0 Å². The second-order valence-corrected chi connectivity index (χ2v) is 6.17. The van der Waals surface area contributed by atoms with Crippen LogP contribution in [0.5, 0.6) is 0 Å². The second-order valence-electron chi connectivity index (χ2n) is 5.19. The Morgan fingerprint density at radius 3 is 2.60 bits per heavy atom. The third-order valence-corrected chi connectivity index (χ3v) is 4.95. The molecule has 0 radical (unpaired) electrons. The van der Waals surface area contributed by atoms with E-state index < -0.39 is 0 Å². The van der Waals surface area contributed by atoms with Crippen molar-refractivity contribution >= 4 is 28.2 Å². The molecule has 1 aromatic heterocycles. The number of rotatable bonds is 5. The monoisotopic (exact) mass is 296 g/mol. The van der Waals surface area contributed by atoms with Gasteiger partial charge < -0.3 is 16.0 Å². The van der Waals surface area contributed by atoms with E-state index in [0.29, 0.717) is 16.7 Å². The molecule has 1 heterocycles. The number of nitrogens with zero attached hydrogens (tertiary/aromatic N) is 2. The van der Waals surface area contributed by atoms with E-state index >= 15 is 0 Å². The van der Waals surface area contributed by atoms with Crippen LogP contribution in [-0.4, -0.2) is 30.0 Å². The number of carbonyl (C=O) groups is 1. The summed E-state index contributed by atoms with van der Waals surface area (Å²) < 4.78 is 0. The Kier molecular flexibility index (Phi) is 5.23. The summed E-state index contributed by atoms with van der Waals surface area (Å²) in [7, 11) is 0. The average molecular weight is 296 g/mol. The molecule has 0 aliphatic heterocycles. The van der Waals surface area contributed by atoms with Crippen molar-refractivity contribution in [1.29, 1.82) is 0 Å². The van der Waals surface area contributed by atoms with Crippen LogP contribution in [0.2, 0.25) is 0 Å². The maximum absolute atomic E-state index is 12.3. The van der Waals surface area contributed by atoms with Gasteiger partial charge in [0.15, 0.2) is 5.13 Å². The highest BCUT2D eigenvalue weighted by atomic mass is 32.1. The Morgan fingerprint density at radius 2 is 2.00 bits per heavy atom. The Morgan fingerprint density at radius 1 is 1.35 bits per heavy atom. The second kappa shape index (κ2) is 6.92. The molecule has 0 unspecified atom stereocenters. The van der Waals surface area contributed by atoms with Gasteiger partial charge in [0, 0.05) is 19.1 Å². The van der Waals surface area contributed by atoms with Crippen molar-refractivity contribution in [2.24, 2.45) is 0 Å². The number of carbonyl (C=O) groups excluding carboxylic acids is 1. The lowest BCUT2D eigenvalue weighted by Crippen LogP contribution is -2.36. The maximum atomic E-state index is 12.3. The van der Waals surface area contributed by atoms with Crippen LogP contribution in [0.25, 0.3) is 0 Å². The molecule has 0 spiro atoms. The van der Waals surface area contributed by atoms with Gasteiger partial charge in [0.2, 0.25) is 0 Å². The van der Waals surface area contributed by atoms with Gasteiger partial charge in [-0.2, -0.15) is 0 Å². The zero-order valence-electron chi connectivity index (χ0n) is 12.3. The van der Waals surface area contributed by atoms with Crippen LogP contribution in [0.3, 0.4) is 0 Å². The molecule has 1 amide bonds. The summed E-state index contributed by atoms with van der Waals surface area (Å²) >= 11 is 1.39. The zero-order valence-corrected chi connectivity index (χ0v) is 13.1. The smallest absolute Gasteiger partial charge is 0.265 e. The van der Waals surface area contributed by atoms with E-state index in [1.807, 2.05) is 0 Å². The molecule has 1 aliphatic rings. The number of thiazole rings is 1. The highest BCUT2D eigenvalue weighted by molar-refractivity contribution is 7.18. The van der Waals surface area contributed by atoms with E-state index in [0.717, 1.165) is 31.1 Å². The quantitative estimate of drug-likeness (QED) is 0.876. The molecule has 6 heteroatoms. The first-order chi connectivity index (χ1) is 9.65. The van der Waals surface area contributed by atoms with Gasteiger partial charge in [0.25, 0.3) is 5.91 Å².